The van der Waals surface area contributed by atoms with Crippen LogP contribution in [-0.4, -0.2) is 23.8 Å². The normalized spacial score (nSPS) is 15.8. The smallest absolute Gasteiger partial charge is 0.338 e. The van der Waals surface area contributed by atoms with Crippen LogP contribution in [-0.2, 0) is 9.53 Å². The van der Waals surface area contributed by atoms with Crippen LogP contribution in [0.3, 0.4) is 0 Å². The standard InChI is InChI=1S/C24H22N2O5S/c1-4-12-30-17-10-8-16(9-11-17)21-20(23(28)29-5-2)15(3)25-24-26(21)22(27)19(32-24)14-18-7-6-13-31-18/h4,6-11,13-14,21H,1,5,12H2,2-3H3/b19-14+. The average molecular weight is 451 g/mol. The van der Waals surface area contributed by atoms with E-state index in [4.69, 9.17) is 13.9 Å². The van der Waals surface area contributed by atoms with Gasteiger partial charge in [-0.15, -0.1) is 0 Å². The molecule has 164 valence electrons. The summed E-state index contributed by atoms with van der Waals surface area (Å²) in [4.78, 5) is 31.3. The van der Waals surface area contributed by atoms with Crippen molar-refractivity contribution in [3.8, 4) is 5.75 Å². The Labute approximate surface area is 188 Å². The number of esters is 1. The Bertz CT molecular complexity index is 1340. The van der Waals surface area contributed by atoms with Crippen molar-refractivity contribution < 1.29 is 18.7 Å². The van der Waals surface area contributed by atoms with E-state index in [-0.39, 0.29) is 12.2 Å². The van der Waals surface area contributed by atoms with E-state index in [0.717, 1.165) is 5.56 Å². The first-order chi connectivity index (χ1) is 15.5. The SMILES string of the molecule is C=CCOc1ccc(C2C(C(=O)OCC)=C(C)N=c3s/c(=C/c4ccco4)c(=O)n32)cc1. The molecule has 0 fully saturated rings. The highest BCUT2D eigenvalue weighted by Crippen LogP contribution is 2.31. The van der Waals surface area contributed by atoms with Gasteiger partial charge in [-0.3, -0.25) is 9.36 Å². The monoisotopic (exact) mass is 450 g/mol. The predicted molar refractivity (Wildman–Crippen MR) is 121 cm³/mol. The van der Waals surface area contributed by atoms with Crippen molar-refractivity contribution in [2.45, 2.75) is 19.9 Å². The van der Waals surface area contributed by atoms with Crippen LogP contribution in [0.15, 0.2) is 80.8 Å². The highest BCUT2D eigenvalue weighted by molar-refractivity contribution is 7.07. The fraction of sp³-hybridized carbons (Fsp3) is 0.208. The molecule has 0 bridgehead atoms. The number of ether oxygens (including phenoxy) is 2. The van der Waals surface area contributed by atoms with Gasteiger partial charge in [-0.2, -0.15) is 0 Å². The quantitative estimate of drug-likeness (QED) is 0.408. The summed E-state index contributed by atoms with van der Waals surface area (Å²) in [6, 6.07) is 10.1. The molecule has 8 heteroatoms. The van der Waals surface area contributed by atoms with Gasteiger partial charge in [0, 0.05) is 6.08 Å². The number of hydrogen-bond donors (Lipinski definition) is 0. The van der Waals surface area contributed by atoms with Crippen LogP contribution in [0, 0.1) is 0 Å². The van der Waals surface area contributed by atoms with Gasteiger partial charge in [0.05, 0.1) is 34.7 Å². The Kier molecular flexibility index (Phi) is 6.23. The lowest BCUT2D eigenvalue weighted by molar-refractivity contribution is -0.139. The zero-order valence-electron chi connectivity index (χ0n) is 17.7. The Morgan fingerprint density at radius 1 is 1.31 bits per heavy atom. The van der Waals surface area contributed by atoms with Gasteiger partial charge in [-0.05, 0) is 43.7 Å². The number of hydrogen-bond acceptors (Lipinski definition) is 7. The Morgan fingerprint density at radius 2 is 2.09 bits per heavy atom. The molecule has 0 spiro atoms. The summed E-state index contributed by atoms with van der Waals surface area (Å²) < 4.78 is 18.2. The number of rotatable bonds is 7. The molecule has 7 nitrogen and oxygen atoms in total. The van der Waals surface area contributed by atoms with E-state index in [2.05, 4.69) is 11.6 Å². The summed E-state index contributed by atoms with van der Waals surface area (Å²) in [5.74, 6) is 0.736. The average Bonchev–Trinajstić information content (AvgIpc) is 3.40. The second-order valence-electron chi connectivity index (χ2n) is 6.99. The molecular weight excluding hydrogens is 428 g/mol. The van der Waals surface area contributed by atoms with Crippen LogP contribution in [0.25, 0.3) is 6.08 Å². The summed E-state index contributed by atoms with van der Waals surface area (Å²) in [6.45, 7) is 7.75. The van der Waals surface area contributed by atoms with Crippen molar-refractivity contribution in [3.63, 3.8) is 0 Å². The molecule has 0 saturated carbocycles. The maximum absolute atomic E-state index is 13.4. The maximum Gasteiger partial charge on any atom is 0.338 e. The van der Waals surface area contributed by atoms with E-state index in [0.29, 0.717) is 38.7 Å². The van der Waals surface area contributed by atoms with E-state index in [1.165, 1.54) is 15.9 Å². The fourth-order valence-electron chi connectivity index (χ4n) is 3.51. The molecule has 0 radical (unpaired) electrons. The number of allylic oxidation sites excluding steroid dienone is 1. The molecular formula is C24H22N2O5S. The summed E-state index contributed by atoms with van der Waals surface area (Å²) in [6.07, 6.45) is 4.89. The lowest BCUT2D eigenvalue weighted by Gasteiger charge is -2.24. The highest BCUT2D eigenvalue weighted by atomic mass is 32.1. The van der Waals surface area contributed by atoms with E-state index < -0.39 is 12.0 Å². The largest absolute Gasteiger partial charge is 0.490 e. The van der Waals surface area contributed by atoms with Crippen LogP contribution < -0.4 is 19.6 Å². The third-order valence-corrected chi connectivity index (χ3v) is 5.88. The van der Waals surface area contributed by atoms with Crippen LogP contribution in [0.2, 0.25) is 0 Å². The molecule has 32 heavy (non-hydrogen) atoms. The van der Waals surface area contributed by atoms with Gasteiger partial charge < -0.3 is 13.9 Å². The highest BCUT2D eigenvalue weighted by Gasteiger charge is 2.33. The number of fused-ring (bicyclic) bond motifs is 1. The van der Waals surface area contributed by atoms with Crippen LogP contribution >= 0.6 is 11.3 Å². The third kappa shape index (κ3) is 4.09. The minimum absolute atomic E-state index is 0.222. The molecule has 3 heterocycles. The fourth-order valence-corrected chi connectivity index (χ4v) is 4.54. The second kappa shape index (κ2) is 9.23. The summed E-state index contributed by atoms with van der Waals surface area (Å²) in [5, 5.41) is 0. The first kappa shape index (κ1) is 21.6. The summed E-state index contributed by atoms with van der Waals surface area (Å²) in [5.41, 5.74) is 1.35. The van der Waals surface area contributed by atoms with Crippen molar-refractivity contribution >= 4 is 23.4 Å². The van der Waals surface area contributed by atoms with Crippen molar-refractivity contribution in [2.24, 2.45) is 4.99 Å². The van der Waals surface area contributed by atoms with E-state index >= 15 is 0 Å². The van der Waals surface area contributed by atoms with Gasteiger partial charge in [-0.25, -0.2) is 9.79 Å². The Balaban J connectivity index is 1.88. The van der Waals surface area contributed by atoms with Gasteiger partial charge in [0.1, 0.15) is 18.1 Å². The van der Waals surface area contributed by atoms with E-state index in [1.54, 1.807) is 56.5 Å². The van der Waals surface area contributed by atoms with Crippen LogP contribution in [0.4, 0.5) is 0 Å². The topological polar surface area (TPSA) is 83.0 Å². The molecule has 4 rings (SSSR count). The van der Waals surface area contributed by atoms with Gasteiger partial charge in [0.25, 0.3) is 5.56 Å². The molecule has 1 aliphatic heterocycles. The molecule has 0 saturated heterocycles. The van der Waals surface area contributed by atoms with Crippen LogP contribution in [0.5, 0.6) is 5.75 Å². The second-order valence-corrected chi connectivity index (χ2v) is 8.00. The molecule has 1 unspecified atom stereocenters. The Hall–Kier alpha value is -3.65. The molecule has 0 amide bonds. The minimum Gasteiger partial charge on any atom is -0.490 e. The molecule has 0 N–H and O–H groups in total. The molecule has 1 aliphatic rings. The number of aromatic nitrogens is 1. The summed E-state index contributed by atoms with van der Waals surface area (Å²) >= 11 is 1.25. The predicted octanol–water partition coefficient (Wildman–Crippen LogP) is 2.96. The number of nitrogens with zero attached hydrogens (tertiary/aromatic N) is 2. The first-order valence-corrected chi connectivity index (χ1v) is 10.9. The first-order valence-electron chi connectivity index (χ1n) is 10.1. The number of carbonyl (C=O) groups is 1. The van der Waals surface area contributed by atoms with Crippen molar-refractivity contribution in [1.29, 1.82) is 0 Å². The zero-order chi connectivity index (χ0) is 22.7. The third-order valence-electron chi connectivity index (χ3n) is 4.90. The molecule has 3 aromatic rings. The summed E-state index contributed by atoms with van der Waals surface area (Å²) in [7, 11) is 0. The maximum atomic E-state index is 13.4. The zero-order valence-corrected chi connectivity index (χ0v) is 18.6. The minimum atomic E-state index is -0.669. The van der Waals surface area contributed by atoms with E-state index in [9.17, 15) is 9.59 Å². The number of thiazole rings is 1. The molecule has 1 aromatic carbocycles. The van der Waals surface area contributed by atoms with Gasteiger partial charge in [0.2, 0.25) is 0 Å². The number of carbonyl (C=O) groups excluding carboxylic acids is 1. The van der Waals surface area contributed by atoms with E-state index in [1.807, 2.05) is 12.1 Å². The van der Waals surface area contributed by atoms with Crippen molar-refractivity contribution in [3.05, 3.63) is 97.6 Å². The lowest BCUT2D eigenvalue weighted by atomic mass is 9.96. The molecule has 0 aliphatic carbocycles. The van der Waals surface area contributed by atoms with Crippen molar-refractivity contribution in [2.75, 3.05) is 13.2 Å². The van der Waals surface area contributed by atoms with Gasteiger partial charge in [-0.1, -0.05) is 36.1 Å². The van der Waals surface area contributed by atoms with Gasteiger partial charge in [0.15, 0.2) is 4.80 Å². The van der Waals surface area contributed by atoms with Gasteiger partial charge >= 0.3 is 5.97 Å². The molecule has 1 atom stereocenters. The van der Waals surface area contributed by atoms with Crippen LogP contribution in [0.1, 0.15) is 31.2 Å². The lowest BCUT2D eigenvalue weighted by Crippen LogP contribution is -2.39. The molecule has 2 aromatic heterocycles. The van der Waals surface area contributed by atoms with Crippen molar-refractivity contribution in [1.82, 2.24) is 4.57 Å². The Morgan fingerprint density at radius 3 is 2.75 bits per heavy atom. The number of furan rings is 1. The number of benzene rings is 1.